The van der Waals surface area contributed by atoms with E-state index in [0.29, 0.717) is 18.7 Å². The number of carbonyl (C=O) groups excluding carboxylic acids is 3. The quantitative estimate of drug-likeness (QED) is 0.422. The summed E-state index contributed by atoms with van der Waals surface area (Å²) in [5.74, 6) is 1.27. The van der Waals surface area contributed by atoms with Crippen molar-refractivity contribution in [1.29, 1.82) is 0 Å². The average Bonchev–Trinajstić information content (AvgIpc) is 3.07. The molecule has 7 heteroatoms. The van der Waals surface area contributed by atoms with Crippen molar-refractivity contribution in [2.45, 2.75) is 19.3 Å². The number of nitrogens with zero attached hydrogens (tertiary/aromatic N) is 1. The summed E-state index contributed by atoms with van der Waals surface area (Å²) in [4.78, 5) is 35.1. The minimum atomic E-state index is -0.304. The zero-order chi connectivity index (χ0) is 13.9. The van der Waals surface area contributed by atoms with Gasteiger partial charge in [-0.05, 0) is 24.0 Å². The van der Waals surface area contributed by atoms with E-state index in [-0.39, 0.29) is 29.9 Å². The minimum Gasteiger partial charge on any atom is -0.469 e. The Bertz CT molecular complexity index is 379. The van der Waals surface area contributed by atoms with Crippen molar-refractivity contribution < 1.29 is 19.1 Å². The fourth-order valence-electron chi connectivity index (χ4n) is 2.05. The molecule has 0 atom stereocenters. The predicted octanol–water partition coefficient (Wildman–Crippen LogP) is 0.615. The number of hydrogen-bond donors (Lipinski definition) is 1. The van der Waals surface area contributed by atoms with Crippen molar-refractivity contribution in [3.63, 3.8) is 0 Å². The molecule has 0 aromatic heterocycles. The molecule has 6 nitrogen and oxygen atoms in total. The van der Waals surface area contributed by atoms with Gasteiger partial charge >= 0.3 is 12.0 Å². The van der Waals surface area contributed by atoms with Gasteiger partial charge in [-0.15, -0.1) is 0 Å². The zero-order valence-corrected chi connectivity index (χ0v) is 11.8. The normalized spacial score (nSPS) is 20.4. The van der Waals surface area contributed by atoms with Gasteiger partial charge in [0.2, 0.25) is 5.91 Å². The number of ether oxygens (including phenoxy) is 1. The molecule has 19 heavy (non-hydrogen) atoms. The van der Waals surface area contributed by atoms with Gasteiger partial charge in [-0.25, -0.2) is 4.79 Å². The molecule has 1 heterocycles. The van der Waals surface area contributed by atoms with Gasteiger partial charge in [0.15, 0.2) is 0 Å². The van der Waals surface area contributed by atoms with Crippen molar-refractivity contribution in [2.75, 3.05) is 31.7 Å². The van der Waals surface area contributed by atoms with Crippen LogP contribution in [0.15, 0.2) is 0 Å². The number of amides is 3. The topological polar surface area (TPSA) is 75.7 Å². The number of thioether (sulfide) groups is 1. The van der Waals surface area contributed by atoms with E-state index in [2.05, 4.69) is 10.1 Å². The molecule has 2 fully saturated rings. The van der Waals surface area contributed by atoms with E-state index in [1.165, 1.54) is 12.0 Å². The number of hydrogen-bond acceptors (Lipinski definition) is 5. The third-order valence-corrected chi connectivity index (χ3v) is 4.80. The van der Waals surface area contributed by atoms with Gasteiger partial charge < -0.3 is 10.1 Å². The first kappa shape index (κ1) is 14.2. The molecule has 1 N–H and O–H groups in total. The molecule has 1 saturated heterocycles. The molecule has 3 amide bonds. The second-order valence-corrected chi connectivity index (χ2v) is 6.11. The summed E-state index contributed by atoms with van der Waals surface area (Å²) in [6.07, 6.45) is 2.58. The lowest BCUT2D eigenvalue weighted by atomic mass is 10.1. The number of esters is 1. The molecule has 0 radical (unpaired) electrons. The van der Waals surface area contributed by atoms with Crippen LogP contribution >= 0.6 is 11.8 Å². The monoisotopic (exact) mass is 286 g/mol. The molecular weight excluding hydrogens is 268 g/mol. The fourth-order valence-corrected chi connectivity index (χ4v) is 3.33. The molecule has 2 rings (SSSR count). The highest BCUT2D eigenvalue weighted by Crippen LogP contribution is 2.51. The van der Waals surface area contributed by atoms with Gasteiger partial charge in [-0.3, -0.25) is 14.5 Å². The largest absolute Gasteiger partial charge is 0.469 e. The van der Waals surface area contributed by atoms with Gasteiger partial charge in [-0.2, -0.15) is 11.8 Å². The van der Waals surface area contributed by atoms with Crippen LogP contribution in [0.25, 0.3) is 0 Å². The Hall–Kier alpha value is -1.24. The Morgan fingerprint density at radius 3 is 2.74 bits per heavy atom. The molecule has 0 aromatic rings. The van der Waals surface area contributed by atoms with Crippen LogP contribution in [-0.4, -0.2) is 54.5 Å². The lowest BCUT2D eigenvalue weighted by Gasteiger charge is -2.15. The van der Waals surface area contributed by atoms with Crippen LogP contribution in [0.1, 0.15) is 19.3 Å². The minimum absolute atomic E-state index is 0.0923. The molecular formula is C12H18N2O4S. The highest BCUT2D eigenvalue weighted by molar-refractivity contribution is 7.99. The Labute approximate surface area is 116 Å². The van der Waals surface area contributed by atoms with Crippen LogP contribution in [0.4, 0.5) is 4.79 Å². The van der Waals surface area contributed by atoms with Crippen LogP contribution in [0.5, 0.6) is 0 Å². The maximum atomic E-state index is 11.3. The van der Waals surface area contributed by atoms with Crippen LogP contribution in [0.3, 0.4) is 0 Å². The van der Waals surface area contributed by atoms with Gasteiger partial charge in [0, 0.05) is 12.3 Å². The third-order valence-electron chi connectivity index (χ3n) is 3.51. The maximum absolute atomic E-state index is 11.3. The first-order valence-electron chi connectivity index (χ1n) is 6.29. The van der Waals surface area contributed by atoms with E-state index in [0.717, 1.165) is 18.6 Å². The highest BCUT2D eigenvalue weighted by Gasteiger charge is 2.44. The van der Waals surface area contributed by atoms with Crippen molar-refractivity contribution >= 4 is 29.7 Å². The number of methoxy groups -OCH3 is 1. The van der Waals surface area contributed by atoms with E-state index in [9.17, 15) is 14.4 Å². The molecule has 2 aliphatic rings. The standard InChI is InChI=1S/C12H18N2O4S/c1-18-10(16)6-12(2-3-12)8-19-5-4-14-9(15)7-13-11(14)17/h2-8H2,1H3,(H,13,17). The summed E-state index contributed by atoms with van der Waals surface area (Å²) in [7, 11) is 1.41. The summed E-state index contributed by atoms with van der Waals surface area (Å²) in [5, 5.41) is 2.49. The van der Waals surface area contributed by atoms with E-state index in [1.54, 1.807) is 11.8 Å². The summed E-state index contributed by atoms with van der Waals surface area (Å²) in [6.45, 7) is 0.541. The smallest absolute Gasteiger partial charge is 0.324 e. The SMILES string of the molecule is COC(=O)CC1(CSCCN2C(=O)CNC2=O)CC1. The second-order valence-electron chi connectivity index (χ2n) is 5.01. The number of urea groups is 1. The first-order chi connectivity index (χ1) is 9.06. The Morgan fingerprint density at radius 1 is 1.47 bits per heavy atom. The average molecular weight is 286 g/mol. The zero-order valence-electron chi connectivity index (χ0n) is 10.9. The first-order valence-corrected chi connectivity index (χ1v) is 7.45. The fraction of sp³-hybridized carbons (Fsp3) is 0.750. The molecule has 106 valence electrons. The number of nitrogens with one attached hydrogen (secondary N) is 1. The van der Waals surface area contributed by atoms with Crippen LogP contribution in [0, 0.1) is 5.41 Å². The number of carbonyl (C=O) groups is 3. The highest BCUT2D eigenvalue weighted by atomic mass is 32.2. The van der Waals surface area contributed by atoms with Crippen molar-refractivity contribution in [2.24, 2.45) is 5.41 Å². The number of rotatable bonds is 7. The molecule has 1 aliphatic heterocycles. The molecule has 0 spiro atoms. The second kappa shape index (κ2) is 5.81. The summed E-state index contributed by atoms with van der Waals surface area (Å²) < 4.78 is 4.69. The Morgan fingerprint density at radius 2 is 2.21 bits per heavy atom. The van der Waals surface area contributed by atoms with Crippen molar-refractivity contribution in [3.05, 3.63) is 0 Å². The van der Waals surface area contributed by atoms with E-state index < -0.39 is 0 Å². The molecule has 1 saturated carbocycles. The summed E-state index contributed by atoms with van der Waals surface area (Å²) in [6, 6.07) is -0.304. The summed E-state index contributed by atoms with van der Waals surface area (Å²) in [5.41, 5.74) is 0.0923. The predicted molar refractivity (Wildman–Crippen MR) is 70.7 cm³/mol. The lowest BCUT2D eigenvalue weighted by Crippen LogP contribution is -2.33. The third kappa shape index (κ3) is 3.62. The lowest BCUT2D eigenvalue weighted by molar-refractivity contribution is -0.141. The molecule has 0 bridgehead atoms. The van der Waals surface area contributed by atoms with Gasteiger partial charge in [0.05, 0.1) is 20.1 Å². The molecule has 0 unspecified atom stereocenters. The summed E-state index contributed by atoms with van der Waals surface area (Å²) >= 11 is 1.68. The Kier molecular flexibility index (Phi) is 4.34. The van der Waals surface area contributed by atoms with Crippen molar-refractivity contribution in [3.8, 4) is 0 Å². The van der Waals surface area contributed by atoms with E-state index in [4.69, 9.17) is 0 Å². The Balaban J connectivity index is 1.66. The van der Waals surface area contributed by atoms with Gasteiger partial charge in [0.1, 0.15) is 0 Å². The number of imide groups is 1. The van der Waals surface area contributed by atoms with Crippen LogP contribution < -0.4 is 5.32 Å². The van der Waals surface area contributed by atoms with E-state index >= 15 is 0 Å². The van der Waals surface area contributed by atoms with Crippen LogP contribution in [0.2, 0.25) is 0 Å². The van der Waals surface area contributed by atoms with Gasteiger partial charge in [0.25, 0.3) is 0 Å². The van der Waals surface area contributed by atoms with Gasteiger partial charge in [-0.1, -0.05) is 0 Å². The van der Waals surface area contributed by atoms with Crippen LogP contribution in [-0.2, 0) is 14.3 Å². The maximum Gasteiger partial charge on any atom is 0.324 e. The molecule has 1 aliphatic carbocycles. The molecule has 0 aromatic carbocycles. The van der Waals surface area contributed by atoms with E-state index in [1.807, 2.05) is 0 Å². The van der Waals surface area contributed by atoms with Crippen molar-refractivity contribution in [1.82, 2.24) is 10.2 Å².